The highest BCUT2D eigenvalue weighted by atomic mass is 16.5. The van der Waals surface area contributed by atoms with Crippen LogP contribution in [-0.2, 0) is 9.59 Å². The average Bonchev–Trinajstić information content (AvgIpc) is 3.16. The summed E-state index contributed by atoms with van der Waals surface area (Å²) in [6.45, 7) is 0. The summed E-state index contributed by atoms with van der Waals surface area (Å²) in [6, 6.07) is 4.88. The fraction of sp³-hybridized carbons (Fsp3) is 0.0625. The molecule has 2 amide bonds. The maximum Gasteiger partial charge on any atom is 0.315 e. The Hall–Kier alpha value is -3.75. The van der Waals surface area contributed by atoms with E-state index in [0.717, 1.165) is 0 Å². The molecule has 0 radical (unpaired) electrons. The highest BCUT2D eigenvalue weighted by Gasteiger charge is 2.16. The van der Waals surface area contributed by atoms with E-state index in [0.29, 0.717) is 22.8 Å². The predicted molar refractivity (Wildman–Crippen MR) is 87.8 cm³/mol. The van der Waals surface area contributed by atoms with Gasteiger partial charge in [-0.05, 0) is 12.1 Å². The first-order valence-corrected chi connectivity index (χ1v) is 7.12. The van der Waals surface area contributed by atoms with Crippen LogP contribution in [0.4, 0.5) is 11.5 Å². The molecule has 2 aromatic heterocycles. The van der Waals surface area contributed by atoms with Crippen LogP contribution in [-0.4, -0.2) is 33.9 Å². The van der Waals surface area contributed by atoms with Gasteiger partial charge in [-0.1, -0.05) is 0 Å². The van der Waals surface area contributed by atoms with E-state index in [1.165, 1.54) is 32.1 Å². The molecule has 2 N–H and O–H groups in total. The molecular formula is C16H13N5O4. The zero-order chi connectivity index (χ0) is 17.6. The maximum atomic E-state index is 12.0. The summed E-state index contributed by atoms with van der Waals surface area (Å²) in [6.07, 6.45) is 7.05. The molecule has 9 heteroatoms. The van der Waals surface area contributed by atoms with Crippen molar-refractivity contribution in [2.45, 2.75) is 0 Å². The van der Waals surface area contributed by atoms with E-state index in [4.69, 9.17) is 9.15 Å². The van der Waals surface area contributed by atoms with Crippen LogP contribution in [0.5, 0.6) is 5.75 Å². The highest BCUT2D eigenvalue weighted by molar-refractivity contribution is 6.43. The molecule has 0 atom stereocenters. The van der Waals surface area contributed by atoms with Gasteiger partial charge in [0, 0.05) is 24.1 Å². The van der Waals surface area contributed by atoms with Crippen LogP contribution in [0.2, 0.25) is 0 Å². The summed E-state index contributed by atoms with van der Waals surface area (Å²) in [7, 11) is 1.49. The van der Waals surface area contributed by atoms with E-state index >= 15 is 0 Å². The average molecular weight is 339 g/mol. The molecule has 1 aromatic carbocycles. The number of nitrogens with one attached hydrogen (secondary N) is 2. The van der Waals surface area contributed by atoms with E-state index in [9.17, 15) is 9.59 Å². The van der Waals surface area contributed by atoms with Gasteiger partial charge in [-0.15, -0.1) is 0 Å². The summed E-state index contributed by atoms with van der Waals surface area (Å²) in [5.74, 6) is -0.543. The molecule has 9 nitrogen and oxygen atoms in total. The van der Waals surface area contributed by atoms with Gasteiger partial charge >= 0.3 is 11.8 Å². The molecule has 0 saturated carbocycles. The summed E-state index contributed by atoms with van der Waals surface area (Å²) in [5, 5.41) is 4.83. The van der Waals surface area contributed by atoms with E-state index in [-0.39, 0.29) is 5.82 Å². The van der Waals surface area contributed by atoms with Gasteiger partial charge in [0.1, 0.15) is 5.75 Å². The Kier molecular flexibility index (Phi) is 4.65. The Balaban J connectivity index is 1.72. The maximum absolute atomic E-state index is 12.0. The molecule has 3 aromatic rings. The molecule has 0 aliphatic heterocycles. The lowest BCUT2D eigenvalue weighted by Crippen LogP contribution is -2.29. The minimum Gasteiger partial charge on any atom is -0.496 e. The molecule has 25 heavy (non-hydrogen) atoms. The number of anilines is 2. The van der Waals surface area contributed by atoms with Crippen molar-refractivity contribution < 1.29 is 18.7 Å². The van der Waals surface area contributed by atoms with Gasteiger partial charge in [-0.25, -0.2) is 9.97 Å². The standard InChI is InChI=1S/C16H13N5O4/c1-24-12-6-10(2-3-11(12)13-7-18-9-25-13)20-15(22)16(23)21-14-8-17-4-5-19-14/h2-9H,1H3,(H,20,22)(H,19,21,23). The van der Waals surface area contributed by atoms with Crippen molar-refractivity contribution in [3.05, 3.63) is 49.4 Å². The van der Waals surface area contributed by atoms with Crippen molar-refractivity contribution >= 4 is 23.3 Å². The molecule has 2 heterocycles. The molecule has 0 aliphatic carbocycles. The second-order valence-electron chi connectivity index (χ2n) is 4.78. The number of methoxy groups -OCH3 is 1. The Bertz CT molecular complexity index is 881. The number of carbonyl (C=O) groups excluding carboxylic acids is 2. The molecule has 3 rings (SSSR count). The van der Waals surface area contributed by atoms with Crippen LogP contribution in [0.1, 0.15) is 0 Å². The minimum absolute atomic E-state index is 0.181. The van der Waals surface area contributed by atoms with Crippen molar-refractivity contribution in [3.63, 3.8) is 0 Å². The van der Waals surface area contributed by atoms with Crippen LogP contribution >= 0.6 is 0 Å². The van der Waals surface area contributed by atoms with Crippen molar-refractivity contribution in [2.24, 2.45) is 0 Å². The summed E-state index contributed by atoms with van der Waals surface area (Å²) in [5.41, 5.74) is 1.06. The zero-order valence-electron chi connectivity index (χ0n) is 13.1. The minimum atomic E-state index is -0.862. The van der Waals surface area contributed by atoms with Gasteiger partial charge in [0.15, 0.2) is 18.0 Å². The third-order valence-electron chi connectivity index (χ3n) is 3.17. The lowest BCUT2D eigenvalue weighted by atomic mass is 10.1. The van der Waals surface area contributed by atoms with Crippen LogP contribution in [0.25, 0.3) is 11.3 Å². The molecule has 0 unspecified atom stereocenters. The van der Waals surface area contributed by atoms with Gasteiger partial charge in [-0.2, -0.15) is 0 Å². The quantitative estimate of drug-likeness (QED) is 0.694. The zero-order valence-corrected chi connectivity index (χ0v) is 13.1. The Morgan fingerprint density at radius 3 is 2.60 bits per heavy atom. The third kappa shape index (κ3) is 3.78. The van der Waals surface area contributed by atoms with Crippen molar-refractivity contribution in [3.8, 4) is 17.1 Å². The van der Waals surface area contributed by atoms with Gasteiger partial charge in [0.2, 0.25) is 0 Å². The first-order chi connectivity index (χ1) is 12.2. The fourth-order valence-corrected chi connectivity index (χ4v) is 2.05. The lowest BCUT2D eigenvalue weighted by Gasteiger charge is -2.10. The molecule has 0 fully saturated rings. The second kappa shape index (κ2) is 7.21. The van der Waals surface area contributed by atoms with E-state index < -0.39 is 11.8 Å². The van der Waals surface area contributed by atoms with Gasteiger partial charge in [0.25, 0.3) is 0 Å². The highest BCUT2D eigenvalue weighted by Crippen LogP contribution is 2.32. The van der Waals surface area contributed by atoms with Crippen LogP contribution in [0.3, 0.4) is 0 Å². The van der Waals surface area contributed by atoms with Gasteiger partial charge in [-0.3, -0.25) is 14.6 Å². The first-order valence-electron chi connectivity index (χ1n) is 7.12. The number of ether oxygens (including phenoxy) is 1. The molecule has 0 aliphatic rings. The number of hydrogen-bond acceptors (Lipinski definition) is 7. The summed E-state index contributed by atoms with van der Waals surface area (Å²) < 4.78 is 10.5. The molecular weight excluding hydrogens is 326 g/mol. The van der Waals surface area contributed by atoms with Crippen LogP contribution < -0.4 is 15.4 Å². The number of nitrogens with zero attached hydrogens (tertiary/aromatic N) is 3. The van der Waals surface area contributed by atoms with Crippen LogP contribution in [0, 0.1) is 0 Å². The molecule has 126 valence electrons. The van der Waals surface area contributed by atoms with E-state index in [1.54, 1.807) is 24.4 Å². The Morgan fingerprint density at radius 1 is 1.08 bits per heavy atom. The van der Waals surface area contributed by atoms with Crippen LogP contribution in [0.15, 0.2) is 53.8 Å². The SMILES string of the molecule is COc1cc(NC(=O)C(=O)Nc2cnccn2)ccc1-c1cnco1. The Labute approximate surface area is 142 Å². The number of rotatable bonds is 4. The number of amides is 2. The molecule has 0 saturated heterocycles. The number of hydrogen-bond donors (Lipinski definition) is 2. The Morgan fingerprint density at radius 2 is 1.92 bits per heavy atom. The number of benzene rings is 1. The van der Waals surface area contributed by atoms with Crippen molar-refractivity contribution in [2.75, 3.05) is 17.7 Å². The van der Waals surface area contributed by atoms with Gasteiger partial charge < -0.3 is 19.8 Å². The molecule has 0 bridgehead atoms. The fourth-order valence-electron chi connectivity index (χ4n) is 2.05. The number of aromatic nitrogens is 3. The normalized spacial score (nSPS) is 10.1. The number of carbonyl (C=O) groups is 2. The third-order valence-corrected chi connectivity index (χ3v) is 3.17. The smallest absolute Gasteiger partial charge is 0.315 e. The second-order valence-corrected chi connectivity index (χ2v) is 4.78. The predicted octanol–water partition coefficient (Wildman–Crippen LogP) is 1.72. The summed E-state index contributed by atoms with van der Waals surface area (Å²) in [4.78, 5) is 35.4. The van der Waals surface area contributed by atoms with Crippen molar-refractivity contribution in [1.82, 2.24) is 15.0 Å². The first kappa shape index (κ1) is 16.1. The largest absolute Gasteiger partial charge is 0.496 e. The number of oxazole rings is 1. The topological polar surface area (TPSA) is 119 Å². The van der Waals surface area contributed by atoms with E-state index in [1.807, 2.05) is 0 Å². The van der Waals surface area contributed by atoms with Gasteiger partial charge in [0.05, 0.1) is 25.1 Å². The lowest BCUT2D eigenvalue weighted by molar-refractivity contribution is -0.133. The molecule has 0 spiro atoms. The van der Waals surface area contributed by atoms with Crippen molar-refractivity contribution in [1.29, 1.82) is 0 Å². The summed E-state index contributed by atoms with van der Waals surface area (Å²) >= 11 is 0. The monoisotopic (exact) mass is 339 g/mol. The van der Waals surface area contributed by atoms with E-state index in [2.05, 4.69) is 25.6 Å².